The van der Waals surface area contributed by atoms with Gasteiger partial charge in [-0.1, -0.05) is 173 Å². The lowest BCUT2D eigenvalue weighted by Gasteiger charge is -2.49. The van der Waals surface area contributed by atoms with Crippen molar-refractivity contribution >= 4 is 18.1 Å². The van der Waals surface area contributed by atoms with Crippen LogP contribution in [0.15, 0.2) is 30.3 Å². The number of amides is 3. The van der Waals surface area contributed by atoms with Gasteiger partial charge < -0.3 is 35.3 Å². The number of nitrogens with zero attached hydrogens (tertiary/aromatic N) is 2. The first-order valence-corrected chi connectivity index (χ1v) is 22.0. The Morgan fingerprint density at radius 1 is 0.696 bits per heavy atom. The van der Waals surface area contributed by atoms with Crippen LogP contribution < -0.4 is 5.73 Å². The lowest BCUT2D eigenvalue weighted by Crippen LogP contribution is -2.71. The van der Waals surface area contributed by atoms with Crippen molar-refractivity contribution in [2.45, 2.75) is 205 Å². The predicted octanol–water partition coefficient (Wildman–Crippen LogP) is 8.37. The summed E-state index contributed by atoms with van der Waals surface area (Å²) in [6.45, 7) is 5.27. The largest absolute Gasteiger partial charge is 0.449 e. The average Bonchev–Trinajstić information content (AvgIpc) is 3.20. The number of carbonyl (C=O) groups is 3. The van der Waals surface area contributed by atoms with Crippen LogP contribution in [0, 0.1) is 0 Å². The molecule has 322 valence electrons. The van der Waals surface area contributed by atoms with Crippen LogP contribution >= 0.6 is 0 Å². The normalized spacial score (nSPS) is 20.0. The van der Waals surface area contributed by atoms with Crippen LogP contribution in [0.2, 0.25) is 0 Å². The molecule has 0 unspecified atom stereocenters. The molecular weight excluding hydrogens is 714 g/mol. The molecule has 1 aromatic rings. The van der Waals surface area contributed by atoms with Crippen molar-refractivity contribution in [1.82, 2.24) is 9.80 Å². The van der Waals surface area contributed by atoms with Gasteiger partial charge in [0.1, 0.15) is 31.0 Å². The van der Waals surface area contributed by atoms with Crippen molar-refractivity contribution in [3.8, 4) is 0 Å². The maximum atomic E-state index is 13.9. The second kappa shape index (κ2) is 30.3. The van der Waals surface area contributed by atoms with E-state index < -0.39 is 61.3 Å². The highest BCUT2D eigenvalue weighted by Crippen LogP contribution is 2.30. The topological polar surface area (TPSA) is 172 Å². The van der Waals surface area contributed by atoms with Crippen LogP contribution in [-0.4, -0.2) is 99.6 Å². The molecule has 12 heteroatoms. The molecule has 1 aromatic carbocycles. The number of ether oxygens (including phenoxy) is 3. The standard InChI is InChI=1S/C44H77N3O9/c1-4-6-8-10-12-14-16-17-18-20-22-27-31-46(43(52)54-32-28-23-21-19-15-13-11-9-7-5-2)42-38(40(50)39(49)37(33-48)56-42)47(41(51)35(3)45)44(53)55-34-36-29-25-24-26-30-36/h24-26,29-30,35,37-40,42,48-50H,4-23,27-28,31-34,45H2,1-3H3/t35-,37+,38+,39+,40+,42+/m0/s1. The number of aliphatic hydroxyl groups is 3. The van der Waals surface area contributed by atoms with Gasteiger partial charge in [0.05, 0.1) is 19.3 Å². The second-order valence-electron chi connectivity index (χ2n) is 15.6. The fourth-order valence-electron chi connectivity index (χ4n) is 7.26. The number of imide groups is 1. The number of unbranched alkanes of at least 4 members (excludes halogenated alkanes) is 20. The molecule has 12 nitrogen and oxygen atoms in total. The third kappa shape index (κ3) is 18.7. The van der Waals surface area contributed by atoms with Crippen molar-refractivity contribution in [2.24, 2.45) is 5.73 Å². The summed E-state index contributed by atoms with van der Waals surface area (Å²) in [5.41, 5.74) is 6.67. The number of aliphatic hydroxyl groups excluding tert-OH is 3. The number of carbonyl (C=O) groups excluding carboxylic acids is 3. The molecule has 1 heterocycles. The van der Waals surface area contributed by atoms with Crippen LogP contribution in [0.3, 0.4) is 0 Å². The Hall–Kier alpha value is -2.77. The van der Waals surface area contributed by atoms with E-state index in [0.717, 1.165) is 44.9 Å². The molecule has 0 saturated carbocycles. The highest BCUT2D eigenvalue weighted by atomic mass is 16.6. The minimum Gasteiger partial charge on any atom is -0.449 e. The van der Waals surface area contributed by atoms with E-state index in [1.54, 1.807) is 24.3 Å². The molecule has 5 N–H and O–H groups in total. The van der Waals surface area contributed by atoms with Crippen LogP contribution in [0.5, 0.6) is 0 Å². The maximum absolute atomic E-state index is 13.9. The molecule has 0 aliphatic carbocycles. The molecule has 2 rings (SSSR count). The number of nitrogens with two attached hydrogens (primary N) is 1. The average molecular weight is 792 g/mol. The van der Waals surface area contributed by atoms with Gasteiger partial charge in [-0.15, -0.1) is 0 Å². The molecular formula is C44H77N3O9. The Morgan fingerprint density at radius 2 is 1.18 bits per heavy atom. The Morgan fingerprint density at radius 3 is 1.66 bits per heavy atom. The van der Waals surface area contributed by atoms with Gasteiger partial charge in [-0.3, -0.25) is 9.69 Å². The Labute approximate surface area is 337 Å². The first-order chi connectivity index (χ1) is 27.2. The zero-order chi connectivity index (χ0) is 41.0. The smallest absolute Gasteiger partial charge is 0.417 e. The summed E-state index contributed by atoms with van der Waals surface area (Å²) in [6.07, 6.45) is 16.6. The number of hydrogen-bond donors (Lipinski definition) is 4. The third-order valence-corrected chi connectivity index (χ3v) is 10.7. The van der Waals surface area contributed by atoms with E-state index in [2.05, 4.69) is 13.8 Å². The van der Waals surface area contributed by atoms with Crippen LogP contribution in [0.4, 0.5) is 9.59 Å². The van der Waals surface area contributed by atoms with E-state index in [1.807, 2.05) is 6.07 Å². The summed E-state index contributed by atoms with van der Waals surface area (Å²) in [4.78, 5) is 43.3. The Bertz CT molecular complexity index is 1170. The fraction of sp³-hybridized carbons (Fsp3) is 0.795. The SMILES string of the molecule is CCCCCCCCCCCCCCN(C(=O)OCCCCCCCCCCCC)[C@@H]1O[C@H](CO)[C@@H](O)[C@H](O)[C@H]1N(C(=O)OCc1ccccc1)C(=O)[C@H](C)N. The van der Waals surface area contributed by atoms with E-state index in [0.29, 0.717) is 23.3 Å². The molecule has 0 bridgehead atoms. The van der Waals surface area contributed by atoms with E-state index in [9.17, 15) is 29.7 Å². The van der Waals surface area contributed by atoms with Gasteiger partial charge in [0.2, 0.25) is 5.91 Å². The molecule has 0 aromatic heterocycles. The first-order valence-electron chi connectivity index (χ1n) is 22.0. The molecule has 3 amide bonds. The van der Waals surface area contributed by atoms with Gasteiger partial charge in [0.25, 0.3) is 0 Å². The molecule has 0 spiro atoms. The molecule has 1 aliphatic heterocycles. The van der Waals surface area contributed by atoms with Crippen molar-refractivity contribution in [3.63, 3.8) is 0 Å². The van der Waals surface area contributed by atoms with Gasteiger partial charge in [-0.25, -0.2) is 14.5 Å². The summed E-state index contributed by atoms with van der Waals surface area (Å²) in [7, 11) is 0. The zero-order valence-electron chi connectivity index (χ0n) is 35.0. The number of benzene rings is 1. The molecule has 1 aliphatic rings. The number of hydrogen-bond acceptors (Lipinski definition) is 10. The minimum atomic E-state index is -1.81. The summed E-state index contributed by atoms with van der Waals surface area (Å²) >= 11 is 0. The van der Waals surface area contributed by atoms with Gasteiger partial charge >= 0.3 is 12.2 Å². The summed E-state index contributed by atoms with van der Waals surface area (Å²) in [6, 6.07) is 6.07. The summed E-state index contributed by atoms with van der Waals surface area (Å²) < 4.78 is 17.4. The van der Waals surface area contributed by atoms with Gasteiger partial charge in [-0.05, 0) is 25.3 Å². The Balaban J connectivity index is 2.19. The van der Waals surface area contributed by atoms with Gasteiger partial charge in [0, 0.05) is 6.54 Å². The van der Waals surface area contributed by atoms with E-state index in [1.165, 1.54) is 95.3 Å². The fourth-order valence-corrected chi connectivity index (χ4v) is 7.26. The van der Waals surface area contributed by atoms with Crippen molar-refractivity contribution in [1.29, 1.82) is 0 Å². The number of rotatable bonds is 30. The summed E-state index contributed by atoms with van der Waals surface area (Å²) in [5, 5.41) is 32.7. The highest BCUT2D eigenvalue weighted by molar-refractivity contribution is 5.95. The van der Waals surface area contributed by atoms with Crippen molar-refractivity contribution < 1.29 is 43.9 Å². The second-order valence-corrected chi connectivity index (χ2v) is 15.6. The zero-order valence-corrected chi connectivity index (χ0v) is 35.0. The van der Waals surface area contributed by atoms with E-state index >= 15 is 0 Å². The van der Waals surface area contributed by atoms with Crippen molar-refractivity contribution in [3.05, 3.63) is 35.9 Å². The van der Waals surface area contributed by atoms with Gasteiger partial charge in [-0.2, -0.15) is 0 Å². The third-order valence-electron chi connectivity index (χ3n) is 10.7. The monoisotopic (exact) mass is 792 g/mol. The van der Waals surface area contributed by atoms with E-state index in [4.69, 9.17) is 19.9 Å². The maximum Gasteiger partial charge on any atom is 0.417 e. The van der Waals surface area contributed by atoms with Crippen LogP contribution in [0.1, 0.15) is 168 Å². The Kier molecular flexibility index (Phi) is 26.7. The van der Waals surface area contributed by atoms with Crippen LogP contribution in [0.25, 0.3) is 0 Å². The minimum absolute atomic E-state index is 0.135. The highest BCUT2D eigenvalue weighted by Gasteiger charge is 2.53. The lowest BCUT2D eigenvalue weighted by molar-refractivity contribution is -0.241. The van der Waals surface area contributed by atoms with Crippen molar-refractivity contribution in [2.75, 3.05) is 19.8 Å². The predicted molar refractivity (Wildman–Crippen MR) is 220 cm³/mol. The van der Waals surface area contributed by atoms with E-state index in [-0.39, 0.29) is 19.8 Å². The molecule has 56 heavy (non-hydrogen) atoms. The first kappa shape index (κ1) is 49.4. The van der Waals surface area contributed by atoms with Crippen LogP contribution in [-0.2, 0) is 25.6 Å². The molecule has 0 radical (unpaired) electrons. The quantitative estimate of drug-likeness (QED) is 0.0555. The molecule has 1 fully saturated rings. The molecule has 6 atom stereocenters. The molecule has 1 saturated heterocycles. The summed E-state index contributed by atoms with van der Waals surface area (Å²) in [5.74, 6) is -0.889. The lowest BCUT2D eigenvalue weighted by atomic mass is 9.93. The van der Waals surface area contributed by atoms with Gasteiger partial charge in [0.15, 0.2) is 6.23 Å².